The largest absolute Gasteiger partial charge is 0.355 e. The van der Waals surface area contributed by atoms with Crippen molar-refractivity contribution in [3.8, 4) is 0 Å². The number of nitrogens with one attached hydrogen (secondary N) is 3. The summed E-state index contributed by atoms with van der Waals surface area (Å²) >= 11 is 1.43. The number of hydrogen-bond donors (Lipinski definition) is 3. The van der Waals surface area contributed by atoms with Gasteiger partial charge in [0.15, 0.2) is 0 Å². The van der Waals surface area contributed by atoms with Crippen LogP contribution in [-0.2, 0) is 7.05 Å². The molecule has 0 bridgehead atoms. The van der Waals surface area contributed by atoms with Crippen LogP contribution in [0.2, 0.25) is 0 Å². The number of rotatable bonds is 5. The number of carbonyl (C=O) groups is 1. The SMILES string of the molecule is CNC(=O)c1c(Nc2csc3ccn(C)c(=O)c23)ccnc1Nc1ccc(F)cn1. The highest BCUT2D eigenvalue weighted by Gasteiger charge is 2.19. The average Bonchev–Trinajstić information content (AvgIpc) is 3.15. The zero-order valence-corrected chi connectivity index (χ0v) is 16.9. The third-order valence-electron chi connectivity index (χ3n) is 4.45. The number of thiophene rings is 1. The van der Waals surface area contributed by atoms with Crippen molar-refractivity contribution in [2.75, 3.05) is 17.7 Å². The minimum Gasteiger partial charge on any atom is -0.355 e. The van der Waals surface area contributed by atoms with E-state index in [1.807, 2.05) is 11.4 Å². The summed E-state index contributed by atoms with van der Waals surface area (Å²) in [6, 6.07) is 6.21. The fraction of sp³-hybridized carbons (Fsp3) is 0.100. The number of anilines is 4. The monoisotopic (exact) mass is 424 g/mol. The van der Waals surface area contributed by atoms with Gasteiger partial charge in [-0.1, -0.05) is 0 Å². The van der Waals surface area contributed by atoms with Gasteiger partial charge in [0.2, 0.25) is 0 Å². The van der Waals surface area contributed by atoms with Crippen molar-refractivity contribution >= 4 is 50.3 Å². The summed E-state index contributed by atoms with van der Waals surface area (Å²) in [4.78, 5) is 33.4. The molecule has 0 aliphatic rings. The maximum Gasteiger partial charge on any atom is 0.261 e. The number of halogens is 1. The van der Waals surface area contributed by atoms with E-state index < -0.39 is 5.82 Å². The van der Waals surface area contributed by atoms with Gasteiger partial charge < -0.3 is 20.5 Å². The second-order valence-corrected chi connectivity index (χ2v) is 7.30. The van der Waals surface area contributed by atoms with E-state index >= 15 is 0 Å². The molecule has 30 heavy (non-hydrogen) atoms. The number of aryl methyl sites for hydroxylation is 1. The Bertz CT molecular complexity index is 1300. The van der Waals surface area contributed by atoms with Gasteiger partial charge >= 0.3 is 0 Å². The van der Waals surface area contributed by atoms with Crippen LogP contribution in [0.15, 0.2) is 53.0 Å². The van der Waals surface area contributed by atoms with E-state index in [0.29, 0.717) is 22.6 Å². The summed E-state index contributed by atoms with van der Waals surface area (Å²) < 4.78 is 15.5. The number of carbonyl (C=O) groups excluding carboxylic acids is 1. The number of hydrogen-bond acceptors (Lipinski definition) is 7. The summed E-state index contributed by atoms with van der Waals surface area (Å²) in [6.07, 6.45) is 4.30. The minimum atomic E-state index is -0.471. The Morgan fingerprint density at radius 2 is 1.97 bits per heavy atom. The van der Waals surface area contributed by atoms with Gasteiger partial charge in [-0.05, 0) is 24.3 Å². The first-order valence-corrected chi connectivity index (χ1v) is 9.79. The lowest BCUT2D eigenvalue weighted by Crippen LogP contribution is -2.21. The smallest absolute Gasteiger partial charge is 0.261 e. The third-order valence-corrected chi connectivity index (χ3v) is 5.40. The number of fused-ring (bicyclic) bond motifs is 1. The van der Waals surface area contributed by atoms with E-state index in [0.717, 1.165) is 10.9 Å². The van der Waals surface area contributed by atoms with Crippen LogP contribution < -0.4 is 21.5 Å². The third kappa shape index (κ3) is 3.60. The minimum absolute atomic E-state index is 0.138. The molecule has 0 spiro atoms. The molecule has 0 aliphatic carbocycles. The van der Waals surface area contributed by atoms with Crippen molar-refractivity contribution < 1.29 is 9.18 Å². The lowest BCUT2D eigenvalue weighted by Gasteiger charge is -2.15. The van der Waals surface area contributed by atoms with Crippen LogP contribution in [0.5, 0.6) is 0 Å². The molecule has 0 unspecified atom stereocenters. The van der Waals surface area contributed by atoms with Crippen molar-refractivity contribution in [3.05, 3.63) is 70.0 Å². The number of aromatic nitrogens is 3. The molecule has 0 saturated carbocycles. The molecule has 0 aromatic carbocycles. The van der Waals surface area contributed by atoms with Gasteiger partial charge in [-0.2, -0.15) is 0 Å². The fourth-order valence-electron chi connectivity index (χ4n) is 2.96. The van der Waals surface area contributed by atoms with Crippen LogP contribution in [0.3, 0.4) is 0 Å². The second-order valence-electron chi connectivity index (χ2n) is 6.39. The Labute approximate surface area is 174 Å². The Morgan fingerprint density at radius 3 is 2.70 bits per heavy atom. The van der Waals surface area contributed by atoms with Crippen LogP contribution in [-0.4, -0.2) is 27.5 Å². The lowest BCUT2D eigenvalue weighted by atomic mass is 10.1. The van der Waals surface area contributed by atoms with Gasteiger partial charge in [0.05, 0.1) is 23.0 Å². The quantitative estimate of drug-likeness (QED) is 0.454. The molecular weight excluding hydrogens is 407 g/mol. The van der Waals surface area contributed by atoms with E-state index in [1.54, 1.807) is 19.3 Å². The molecule has 0 atom stereocenters. The van der Waals surface area contributed by atoms with Crippen molar-refractivity contribution in [2.45, 2.75) is 0 Å². The second kappa shape index (κ2) is 7.91. The summed E-state index contributed by atoms with van der Waals surface area (Å²) in [5.41, 5.74) is 1.15. The highest BCUT2D eigenvalue weighted by molar-refractivity contribution is 7.17. The van der Waals surface area contributed by atoms with Crippen LogP contribution in [0, 0.1) is 5.82 Å². The maximum absolute atomic E-state index is 13.1. The van der Waals surface area contributed by atoms with E-state index in [9.17, 15) is 14.0 Å². The van der Waals surface area contributed by atoms with Crippen molar-refractivity contribution in [1.82, 2.24) is 19.9 Å². The highest BCUT2D eigenvalue weighted by atomic mass is 32.1. The van der Waals surface area contributed by atoms with Crippen LogP contribution >= 0.6 is 11.3 Å². The van der Waals surface area contributed by atoms with E-state index in [2.05, 4.69) is 25.9 Å². The molecule has 0 saturated heterocycles. The zero-order chi connectivity index (χ0) is 21.3. The van der Waals surface area contributed by atoms with Gasteiger partial charge in [0, 0.05) is 36.6 Å². The zero-order valence-electron chi connectivity index (χ0n) is 16.1. The van der Waals surface area contributed by atoms with Gasteiger partial charge in [-0.25, -0.2) is 14.4 Å². The average molecular weight is 424 g/mol. The maximum atomic E-state index is 13.1. The number of pyridine rings is 3. The molecule has 4 rings (SSSR count). The Balaban J connectivity index is 1.79. The molecule has 3 N–H and O–H groups in total. The highest BCUT2D eigenvalue weighted by Crippen LogP contribution is 2.33. The lowest BCUT2D eigenvalue weighted by molar-refractivity contribution is 0.0964. The van der Waals surface area contributed by atoms with Gasteiger partial charge in [0.25, 0.3) is 11.5 Å². The summed E-state index contributed by atoms with van der Waals surface area (Å²) in [6.45, 7) is 0. The molecule has 8 nitrogen and oxygen atoms in total. The van der Waals surface area contributed by atoms with Gasteiger partial charge in [-0.3, -0.25) is 9.59 Å². The molecule has 1 amide bonds. The van der Waals surface area contributed by atoms with Crippen LogP contribution in [0.4, 0.5) is 27.4 Å². The summed E-state index contributed by atoms with van der Waals surface area (Å²) in [5.74, 6) is -0.282. The van der Waals surface area contributed by atoms with Crippen LogP contribution in [0.1, 0.15) is 10.4 Å². The molecule has 4 aromatic heterocycles. The molecule has 152 valence electrons. The normalized spacial score (nSPS) is 10.8. The molecule has 10 heteroatoms. The molecular formula is C20H17FN6O2S. The van der Waals surface area contributed by atoms with E-state index in [4.69, 9.17) is 0 Å². The number of amides is 1. The predicted molar refractivity (Wildman–Crippen MR) is 115 cm³/mol. The molecule has 4 heterocycles. The standard InChI is InChI=1S/C20H17FN6O2S/c1-22-19(28)17-12(5-7-23-18(17)26-15-4-3-11(21)9-24-15)25-13-10-30-14-6-8-27(2)20(29)16(13)14/h3-10H,1-2H3,(H,22,28)(H2,23,24,25,26). The van der Waals surface area contributed by atoms with Gasteiger partial charge in [-0.15, -0.1) is 11.3 Å². The topological polar surface area (TPSA) is 101 Å². The number of nitrogens with zero attached hydrogens (tertiary/aromatic N) is 3. The van der Waals surface area contributed by atoms with E-state index in [-0.39, 0.29) is 22.8 Å². The molecule has 0 aliphatic heterocycles. The van der Waals surface area contributed by atoms with E-state index in [1.165, 1.54) is 41.3 Å². The first kappa shape index (κ1) is 19.5. The Hall–Kier alpha value is -3.79. The summed E-state index contributed by atoms with van der Waals surface area (Å²) in [5, 5.41) is 11.1. The Morgan fingerprint density at radius 1 is 1.13 bits per heavy atom. The first-order valence-electron chi connectivity index (χ1n) is 8.91. The summed E-state index contributed by atoms with van der Waals surface area (Å²) in [7, 11) is 3.19. The predicted octanol–water partition coefficient (Wildman–Crippen LogP) is 3.38. The van der Waals surface area contributed by atoms with Crippen LogP contribution in [0.25, 0.3) is 10.1 Å². The first-order chi connectivity index (χ1) is 14.5. The molecule has 0 fully saturated rings. The van der Waals surface area contributed by atoms with Crippen molar-refractivity contribution in [2.24, 2.45) is 7.05 Å². The molecule has 0 radical (unpaired) electrons. The Kier molecular flexibility index (Phi) is 5.15. The fourth-order valence-corrected chi connectivity index (χ4v) is 3.84. The van der Waals surface area contributed by atoms with Crippen molar-refractivity contribution in [1.29, 1.82) is 0 Å². The molecule has 4 aromatic rings. The van der Waals surface area contributed by atoms with Crippen molar-refractivity contribution in [3.63, 3.8) is 0 Å². The van der Waals surface area contributed by atoms with Gasteiger partial charge in [0.1, 0.15) is 23.0 Å².